The highest BCUT2D eigenvalue weighted by Crippen LogP contribution is 2.09. The smallest absolute Gasteiger partial charge is 0.224 e. The molecule has 4 heteroatoms. The molecule has 0 saturated carbocycles. The van der Waals surface area contributed by atoms with E-state index in [1.807, 2.05) is 13.0 Å². The molecule has 16 heavy (non-hydrogen) atoms. The molecule has 1 amide bonds. The highest BCUT2D eigenvalue weighted by Gasteiger charge is 2.03. The van der Waals surface area contributed by atoms with E-state index in [1.165, 1.54) is 0 Å². The number of rotatable bonds is 4. The Hall–Kier alpha value is -1.86. The zero-order chi connectivity index (χ0) is 12.0. The second kappa shape index (κ2) is 5.89. The third-order valence-electron chi connectivity index (χ3n) is 2.12. The van der Waals surface area contributed by atoms with Crippen molar-refractivity contribution >= 4 is 11.6 Å². The van der Waals surface area contributed by atoms with Crippen LogP contribution in [-0.4, -0.2) is 11.9 Å². The molecule has 0 bridgehead atoms. The Balaban J connectivity index is 2.47. The van der Waals surface area contributed by atoms with Gasteiger partial charge >= 0.3 is 0 Å². The average molecular weight is 217 g/mol. The van der Waals surface area contributed by atoms with Gasteiger partial charge in [0.1, 0.15) is 0 Å². The number of benzene rings is 1. The summed E-state index contributed by atoms with van der Waals surface area (Å²) < 4.78 is 0. The van der Waals surface area contributed by atoms with E-state index in [0.29, 0.717) is 24.1 Å². The van der Waals surface area contributed by atoms with Crippen LogP contribution in [0.3, 0.4) is 0 Å². The van der Waals surface area contributed by atoms with Crippen LogP contribution in [0.25, 0.3) is 0 Å². The normalized spacial score (nSPS) is 11.6. The summed E-state index contributed by atoms with van der Waals surface area (Å²) in [6, 6.07) is 8.81. The summed E-state index contributed by atoms with van der Waals surface area (Å²) in [5.74, 6) is -0.0537. The molecule has 1 unspecified atom stereocenters. The second-order valence-electron chi connectivity index (χ2n) is 3.75. The van der Waals surface area contributed by atoms with Gasteiger partial charge in [-0.15, -0.1) is 0 Å². The molecule has 0 aliphatic heterocycles. The third kappa shape index (κ3) is 4.11. The highest BCUT2D eigenvalue weighted by molar-refractivity contribution is 5.90. The zero-order valence-electron chi connectivity index (χ0n) is 9.23. The largest absolute Gasteiger partial charge is 0.328 e. The molecular formula is C12H15N3O. The third-order valence-corrected chi connectivity index (χ3v) is 2.12. The Morgan fingerprint density at radius 1 is 1.50 bits per heavy atom. The summed E-state index contributed by atoms with van der Waals surface area (Å²) in [6.45, 7) is 1.87. The van der Waals surface area contributed by atoms with Crippen molar-refractivity contribution in [2.75, 3.05) is 5.32 Å². The minimum Gasteiger partial charge on any atom is -0.328 e. The molecular weight excluding hydrogens is 202 g/mol. The number of carbonyl (C=O) groups excluding carboxylic acids is 1. The monoisotopic (exact) mass is 217 g/mol. The Kier molecular flexibility index (Phi) is 4.49. The molecule has 0 heterocycles. The van der Waals surface area contributed by atoms with Crippen molar-refractivity contribution in [2.45, 2.75) is 25.8 Å². The fraction of sp³-hybridized carbons (Fsp3) is 0.333. The van der Waals surface area contributed by atoms with E-state index in [1.54, 1.807) is 24.3 Å². The SMILES string of the molecule is CC(N)CCC(=O)Nc1ccc(C#N)cc1. The molecule has 1 aromatic carbocycles. The van der Waals surface area contributed by atoms with Gasteiger partial charge in [-0.2, -0.15) is 5.26 Å². The lowest BCUT2D eigenvalue weighted by molar-refractivity contribution is -0.116. The molecule has 1 atom stereocenters. The quantitative estimate of drug-likeness (QED) is 0.804. The van der Waals surface area contributed by atoms with Gasteiger partial charge in [0.25, 0.3) is 0 Å². The molecule has 0 spiro atoms. The number of nitrogens with two attached hydrogens (primary N) is 1. The first kappa shape index (κ1) is 12.2. The molecule has 4 nitrogen and oxygen atoms in total. The van der Waals surface area contributed by atoms with Crippen molar-refractivity contribution in [1.29, 1.82) is 5.26 Å². The Morgan fingerprint density at radius 2 is 2.12 bits per heavy atom. The van der Waals surface area contributed by atoms with Crippen LogP contribution in [0, 0.1) is 11.3 Å². The van der Waals surface area contributed by atoms with Crippen molar-refractivity contribution in [1.82, 2.24) is 0 Å². The molecule has 0 saturated heterocycles. The fourth-order valence-electron chi connectivity index (χ4n) is 1.21. The van der Waals surface area contributed by atoms with E-state index in [-0.39, 0.29) is 11.9 Å². The minimum absolute atomic E-state index is 0.0340. The van der Waals surface area contributed by atoms with Gasteiger partial charge in [0, 0.05) is 18.2 Å². The standard InChI is InChI=1S/C12H15N3O/c1-9(14)2-7-12(16)15-11-5-3-10(8-13)4-6-11/h3-6,9H,2,7,14H2,1H3,(H,15,16). The van der Waals surface area contributed by atoms with Crippen LogP contribution in [0.1, 0.15) is 25.3 Å². The number of carbonyl (C=O) groups is 1. The van der Waals surface area contributed by atoms with E-state index in [9.17, 15) is 4.79 Å². The predicted octanol–water partition coefficient (Wildman–Crippen LogP) is 1.62. The molecule has 0 radical (unpaired) electrons. The van der Waals surface area contributed by atoms with Gasteiger partial charge in [0.15, 0.2) is 0 Å². The lowest BCUT2D eigenvalue weighted by Crippen LogP contribution is -2.19. The lowest BCUT2D eigenvalue weighted by atomic mass is 10.2. The van der Waals surface area contributed by atoms with Gasteiger partial charge in [-0.1, -0.05) is 0 Å². The molecule has 0 fully saturated rings. The van der Waals surface area contributed by atoms with Gasteiger partial charge < -0.3 is 11.1 Å². The summed E-state index contributed by atoms with van der Waals surface area (Å²) in [6.07, 6.45) is 1.08. The maximum Gasteiger partial charge on any atom is 0.224 e. The number of hydrogen-bond acceptors (Lipinski definition) is 3. The average Bonchev–Trinajstić information content (AvgIpc) is 2.27. The first-order valence-corrected chi connectivity index (χ1v) is 5.17. The predicted molar refractivity (Wildman–Crippen MR) is 62.7 cm³/mol. The molecule has 3 N–H and O–H groups in total. The molecule has 1 aromatic rings. The van der Waals surface area contributed by atoms with E-state index in [4.69, 9.17) is 11.0 Å². The van der Waals surface area contributed by atoms with Crippen LogP contribution in [0.2, 0.25) is 0 Å². The molecule has 0 aromatic heterocycles. The lowest BCUT2D eigenvalue weighted by Gasteiger charge is -2.06. The summed E-state index contributed by atoms with van der Waals surface area (Å²) in [5.41, 5.74) is 6.84. The Bertz CT molecular complexity index is 390. The topological polar surface area (TPSA) is 78.9 Å². The van der Waals surface area contributed by atoms with Crippen LogP contribution in [0.15, 0.2) is 24.3 Å². The van der Waals surface area contributed by atoms with Gasteiger partial charge in [-0.3, -0.25) is 4.79 Å². The Morgan fingerprint density at radius 3 is 2.62 bits per heavy atom. The number of anilines is 1. The van der Waals surface area contributed by atoms with Crippen LogP contribution in [-0.2, 0) is 4.79 Å². The van der Waals surface area contributed by atoms with Crippen molar-refractivity contribution in [3.05, 3.63) is 29.8 Å². The number of nitrogens with one attached hydrogen (secondary N) is 1. The van der Waals surface area contributed by atoms with Gasteiger partial charge in [-0.25, -0.2) is 0 Å². The van der Waals surface area contributed by atoms with E-state index >= 15 is 0 Å². The van der Waals surface area contributed by atoms with Gasteiger partial charge in [-0.05, 0) is 37.6 Å². The van der Waals surface area contributed by atoms with Gasteiger partial charge in [0.05, 0.1) is 11.6 Å². The van der Waals surface area contributed by atoms with Crippen molar-refractivity contribution in [3.8, 4) is 6.07 Å². The van der Waals surface area contributed by atoms with Crippen LogP contribution in [0.4, 0.5) is 5.69 Å². The summed E-state index contributed by atoms with van der Waals surface area (Å²) >= 11 is 0. The van der Waals surface area contributed by atoms with Crippen molar-refractivity contribution < 1.29 is 4.79 Å². The number of nitrogens with zero attached hydrogens (tertiary/aromatic N) is 1. The Labute approximate surface area is 95.1 Å². The number of nitriles is 1. The van der Waals surface area contributed by atoms with Crippen LogP contribution in [0.5, 0.6) is 0 Å². The van der Waals surface area contributed by atoms with Crippen LogP contribution >= 0.6 is 0 Å². The van der Waals surface area contributed by atoms with Crippen molar-refractivity contribution in [2.24, 2.45) is 5.73 Å². The maximum atomic E-state index is 11.4. The van der Waals surface area contributed by atoms with E-state index in [0.717, 1.165) is 0 Å². The van der Waals surface area contributed by atoms with Gasteiger partial charge in [0.2, 0.25) is 5.91 Å². The fourth-order valence-corrected chi connectivity index (χ4v) is 1.21. The van der Waals surface area contributed by atoms with E-state index in [2.05, 4.69) is 5.32 Å². The summed E-state index contributed by atoms with van der Waals surface area (Å²) in [4.78, 5) is 11.4. The summed E-state index contributed by atoms with van der Waals surface area (Å²) in [5, 5.41) is 11.3. The number of amides is 1. The molecule has 0 aliphatic rings. The first-order valence-electron chi connectivity index (χ1n) is 5.17. The highest BCUT2D eigenvalue weighted by atomic mass is 16.1. The first-order chi connectivity index (χ1) is 7.61. The molecule has 0 aliphatic carbocycles. The summed E-state index contributed by atoms with van der Waals surface area (Å²) in [7, 11) is 0. The molecule has 1 rings (SSSR count). The second-order valence-corrected chi connectivity index (χ2v) is 3.75. The number of hydrogen-bond donors (Lipinski definition) is 2. The maximum absolute atomic E-state index is 11.4. The molecule has 84 valence electrons. The minimum atomic E-state index is -0.0537. The van der Waals surface area contributed by atoms with E-state index < -0.39 is 0 Å². The zero-order valence-corrected chi connectivity index (χ0v) is 9.23. The van der Waals surface area contributed by atoms with Crippen LogP contribution < -0.4 is 11.1 Å². The van der Waals surface area contributed by atoms with Crippen molar-refractivity contribution in [3.63, 3.8) is 0 Å².